The van der Waals surface area contributed by atoms with Crippen LogP contribution in [0.4, 0.5) is 0 Å². The van der Waals surface area contributed by atoms with Crippen molar-refractivity contribution in [3.05, 3.63) is 23.2 Å². The van der Waals surface area contributed by atoms with Crippen molar-refractivity contribution in [3.63, 3.8) is 0 Å². The van der Waals surface area contributed by atoms with Crippen molar-refractivity contribution in [2.24, 2.45) is 0 Å². The summed E-state index contributed by atoms with van der Waals surface area (Å²) >= 11 is 1.65. The first-order chi connectivity index (χ1) is 8.85. The topological polar surface area (TPSA) is 59.9 Å². The third-order valence-electron chi connectivity index (χ3n) is 2.76. The molecule has 3 rings (SSSR count). The van der Waals surface area contributed by atoms with Crippen molar-refractivity contribution in [1.29, 1.82) is 0 Å². The Kier molecular flexibility index (Phi) is 3.21. The summed E-state index contributed by atoms with van der Waals surface area (Å²) in [4.78, 5) is 5.61. The van der Waals surface area contributed by atoms with Gasteiger partial charge in [0.15, 0.2) is 0 Å². The highest BCUT2D eigenvalue weighted by molar-refractivity contribution is 7.14. The minimum atomic E-state index is 0.519. The van der Waals surface area contributed by atoms with E-state index in [0.717, 1.165) is 23.3 Å². The lowest BCUT2D eigenvalue weighted by molar-refractivity contribution is 0.392. The molecule has 2 aromatic heterocycles. The zero-order valence-corrected chi connectivity index (χ0v) is 10.9. The molecule has 1 aliphatic rings. The van der Waals surface area contributed by atoms with Gasteiger partial charge in [0.2, 0.25) is 5.88 Å². The maximum atomic E-state index is 4.98. The van der Waals surface area contributed by atoms with E-state index in [9.17, 15) is 0 Å². The first-order valence-corrected chi connectivity index (χ1v) is 6.73. The van der Waals surface area contributed by atoms with E-state index >= 15 is 0 Å². The van der Waals surface area contributed by atoms with Crippen LogP contribution in [0.3, 0.4) is 0 Å². The van der Waals surface area contributed by atoms with Crippen LogP contribution in [0, 0.1) is 0 Å². The predicted molar refractivity (Wildman–Crippen MR) is 69.6 cm³/mol. The van der Waals surface area contributed by atoms with E-state index in [2.05, 4.69) is 20.5 Å². The van der Waals surface area contributed by atoms with E-state index in [-0.39, 0.29) is 0 Å². The Morgan fingerprint density at radius 1 is 1.39 bits per heavy atom. The lowest BCUT2D eigenvalue weighted by Gasteiger charge is -1.98. The molecule has 0 atom stereocenters. The van der Waals surface area contributed by atoms with E-state index in [0.29, 0.717) is 5.88 Å². The number of nitrogens with zero attached hydrogens (tertiary/aromatic N) is 3. The van der Waals surface area contributed by atoms with Crippen molar-refractivity contribution in [2.45, 2.75) is 25.4 Å². The summed E-state index contributed by atoms with van der Waals surface area (Å²) in [5.41, 5.74) is 0.790. The molecule has 0 saturated heterocycles. The standard InChI is InChI=1S/C12H14N4OS/c1-17-11-5-4-10(15-16-11)12-14-7-9(18-12)6-13-8-2-3-8/h4-5,7-8,13H,2-3,6H2,1H3. The first kappa shape index (κ1) is 11.6. The minimum absolute atomic E-state index is 0.519. The molecule has 0 spiro atoms. The van der Waals surface area contributed by atoms with Crippen molar-refractivity contribution in [2.75, 3.05) is 7.11 Å². The van der Waals surface area contributed by atoms with Crippen LogP contribution in [0.25, 0.3) is 10.7 Å². The second kappa shape index (κ2) is 4.99. The zero-order valence-electron chi connectivity index (χ0n) is 10.1. The molecule has 1 aliphatic carbocycles. The third-order valence-corrected chi connectivity index (χ3v) is 3.78. The molecule has 6 heteroatoms. The highest BCUT2D eigenvalue weighted by Gasteiger charge is 2.20. The second-order valence-corrected chi connectivity index (χ2v) is 5.36. The maximum Gasteiger partial charge on any atom is 0.233 e. The molecule has 2 heterocycles. The number of aromatic nitrogens is 3. The van der Waals surface area contributed by atoms with Gasteiger partial charge < -0.3 is 10.1 Å². The fourth-order valence-corrected chi connectivity index (χ4v) is 2.41. The molecule has 0 aromatic carbocycles. The number of nitrogens with one attached hydrogen (secondary N) is 1. The summed E-state index contributed by atoms with van der Waals surface area (Å²) in [5.74, 6) is 0.519. The SMILES string of the molecule is COc1ccc(-c2ncc(CNC3CC3)s2)nn1. The van der Waals surface area contributed by atoms with Crippen LogP contribution in [0.2, 0.25) is 0 Å². The van der Waals surface area contributed by atoms with Gasteiger partial charge >= 0.3 is 0 Å². The molecule has 5 nitrogen and oxygen atoms in total. The summed E-state index contributed by atoms with van der Waals surface area (Å²) in [7, 11) is 1.58. The van der Waals surface area contributed by atoms with Crippen LogP contribution < -0.4 is 10.1 Å². The summed E-state index contributed by atoms with van der Waals surface area (Å²) in [6, 6.07) is 4.39. The Morgan fingerprint density at radius 2 is 2.28 bits per heavy atom. The van der Waals surface area contributed by atoms with Crippen molar-refractivity contribution >= 4 is 11.3 Å². The predicted octanol–water partition coefficient (Wildman–Crippen LogP) is 1.86. The Bertz CT molecular complexity index is 521. The van der Waals surface area contributed by atoms with Crippen molar-refractivity contribution in [3.8, 4) is 16.6 Å². The number of methoxy groups -OCH3 is 1. The normalized spacial score (nSPS) is 14.7. The number of hydrogen-bond acceptors (Lipinski definition) is 6. The van der Waals surface area contributed by atoms with E-state index < -0.39 is 0 Å². The van der Waals surface area contributed by atoms with E-state index in [1.165, 1.54) is 17.7 Å². The van der Waals surface area contributed by atoms with E-state index in [1.807, 2.05) is 12.3 Å². The fraction of sp³-hybridized carbons (Fsp3) is 0.417. The molecule has 2 aromatic rings. The van der Waals surface area contributed by atoms with Crippen LogP contribution >= 0.6 is 11.3 Å². The molecule has 0 aliphatic heterocycles. The van der Waals surface area contributed by atoms with Gasteiger partial charge in [-0.25, -0.2) is 4.98 Å². The van der Waals surface area contributed by atoms with Gasteiger partial charge in [-0.3, -0.25) is 0 Å². The Labute approximate surface area is 109 Å². The number of ether oxygens (including phenoxy) is 1. The van der Waals surface area contributed by atoms with Gasteiger partial charge in [0.25, 0.3) is 0 Å². The maximum absolute atomic E-state index is 4.98. The summed E-state index contributed by atoms with van der Waals surface area (Å²) in [5, 5.41) is 12.4. The molecular weight excluding hydrogens is 248 g/mol. The van der Waals surface area contributed by atoms with Gasteiger partial charge in [-0.1, -0.05) is 0 Å². The van der Waals surface area contributed by atoms with Gasteiger partial charge in [0, 0.05) is 29.7 Å². The van der Waals surface area contributed by atoms with Crippen LogP contribution in [0.15, 0.2) is 18.3 Å². The molecule has 94 valence electrons. The van der Waals surface area contributed by atoms with Crippen LogP contribution in [-0.2, 0) is 6.54 Å². The molecule has 0 bridgehead atoms. The van der Waals surface area contributed by atoms with Crippen LogP contribution in [0.1, 0.15) is 17.7 Å². The number of rotatable bonds is 5. The molecule has 1 saturated carbocycles. The molecule has 18 heavy (non-hydrogen) atoms. The zero-order chi connectivity index (χ0) is 12.4. The van der Waals surface area contributed by atoms with Gasteiger partial charge in [0.05, 0.1) is 7.11 Å². The lowest BCUT2D eigenvalue weighted by atomic mass is 10.4. The lowest BCUT2D eigenvalue weighted by Crippen LogP contribution is -2.14. The van der Waals surface area contributed by atoms with Crippen molar-refractivity contribution in [1.82, 2.24) is 20.5 Å². The molecule has 0 amide bonds. The van der Waals surface area contributed by atoms with Gasteiger partial charge in [0.1, 0.15) is 10.7 Å². The number of hydrogen-bond donors (Lipinski definition) is 1. The first-order valence-electron chi connectivity index (χ1n) is 5.91. The molecule has 1 fully saturated rings. The smallest absolute Gasteiger partial charge is 0.233 e. The minimum Gasteiger partial charge on any atom is -0.480 e. The molecule has 0 unspecified atom stereocenters. The highest BCUT2D eigenvalue weighted by atomic mass is 32.1. The van der Waals surface area contributed by atoms with Gasteiger partial charge in [-0.15, -0.1) is 21.5 Å². The van der Waals surface area contributed by atoms with Gasteiger partial charge in [-0.05, 0) is 18.9 Å². The van der Waals surface area contributed by atoms with E-state index in [1.54, 1.807) is 24.5 Å². The average molecular weight is 262 g/mol. The van der Waals surface area contributed by atoms with Crippen molar-refractivity contribution < 1.29 is 4.74 Å². The largest absolute Gasteiger partial charge is 0.480 e. The van der Waals surface area contributed by atoms with E-state index in [4.69, 9.17) is 4.74 Å². The monoisotopic (exact) mass is 262 g/mol. The number of thiazole rings is 1. The second-order valence-electron chi connectivity index (χ2n) is 4.25. The summed E-state index contributed by atoms with van der Waals surface area (Å²) in [6.45, 7) is 0.895. The van der Waals surface area contributed by atoms with Crippen LogP contribution in [-0.4, -0.2) is 28.3 Å². The summed E-state index contributed by atoms with van der Waals surface area (Å²) in [6.07, 6.45) is 4.51. The average Bonchev–Trinajstić information content (AvgIpc) is 3.14. The Hall–Kier alpha value is -1.53. The quantitative estimate of drug-likeness (QED) is 0.891. The fourth-order valence-electron chi connectivity index (χ4n) is 1.58. The van der Waals surface area contributed by atoms with Crippen LogP contribution in [0.5, 0.6) is 5.88 Å². The summed E-state index contributed by atoms with van der Waals surface area (Å²) < 4.78 is 4.98. The molecule has 0 radical (unpaired) electrons. The highest BCUT2D eigenvalue weighted by Crippen LogP contribution is 2.25. The Morgan fingerprint density at radius 3 is 2.94 bits per heavy atom. The third kappa shape index (κ3) is 2.65. The van der Waals surface area contributed by atoms with Gasteiger partial charge in [-0.2, -0.15) is 0 Å². The molecule has 1 N–H and O–H groups in total. The Balaban J connectivity index is 1.70. The molecular formula is C12H14N4OS.